The molecule has 0 unspecified atom stereocenters. The van der Waals surface area contributed by atoms with Gasteiger partial charge in [0, 0.05) is 32.2 Å². The highest BCUT2D eigenvalue weighted by molar-refractivity contribution is 5.74. The average molecular weight is 290 g/mol. The molecule has 7 heteroatoms. The van der Waals surface area contributed by atoms with Gasteiger partial charge < -0.3 is 24.1 Å². The summed E-state index contributed by atoms with van der Waals surface area (Å²) in [7, 11) is 0. The average Bonchev–Trinajstić information content (AvgIpc) is 3.16. The Morgan fingerprint density at radius 3 is 2.81 bits per heavy atom. The number of nitrogens with zero attached hydrogens (tertiary/aromatic N) is 3. The van der Waals surface area contributed by atoms with Crippen LogP contribution in [0.3, 0.4) is 0 Å². The fourth-order valence-electron chi connectivity index (χ4n) is 2.33. The number of furan rings is 1. The van der Waals surface area contributed by atoms with Crippen molar-refractivity contribution in [2.45, 2.75) is 13.5 Å². The molecule has 1 aliphatic rings. The quantitative estimate of drug-likeness (QED) is 0.929. The molecule has 0 saturated carbocycles. The fourth-order valence-corrected chi connectivity index (χ4v) is 2.33. The Hall–Kier alpha value is -2.44. The largest absolute Gasteiger partial charge is 0.467 e. The Kier molecular flexibility index (Phi) is 3.81. The third-order valence-electron chi connectivity index (χ3n) is 3.50. The number of nitrogens with one attached hydrogen (secondary N) is 1. The van der Waals surface area contributed by atoms with Gasteiger partial charge in [-0.25, -0.2) is 4.79 Å². The Labute approximate surface area is 122 Å². The van der Waals surface area contributed by atoms with E-state index in [9.17, 15) is 4.79 Å². The van der Waals surface area contributed by atoms with Crippen molar-refractivity contribution in [3.05, 3.63) is 36.0 Å². The lowest BCUT2D eigenvalue weighted by molar-refractivity contribution is 0.192. The summed E-state index contributed by atoms with van der Waals surface area (Å²) in [5, 5.41) is 6.85. The zero-order valence-corrected chi connectivity index (χ0v) is 11.9. The molecule has 2 aromatic heterocycles. The molecule has 1 N–H and O–H groups in total. The van der Waals surface area contributed by atoms with Gasteiger partial charge in [-0.05, 0) is 19.1 Å². The van der Waals surface area contributed by atoms with Crippen LogP contribution in [0.5, 0.6) is 0 Å². The van der Waals surface area contributed by atoms with Crippen LogP contribution in [0, 0.1) is 6.92 Å². The molecule has 3 heterocycles. The van der Waals surface area contributed by atoms with Crippen LogP contribution in [0.4, 0.5) is 10.6 Å². The van der Waals surface area contributed by atoms with Crippen LogP contribution in [0.1, 0.15) is 11.5 Å². The number of piperazine rings is 1. The zero-order valence-electron chi connectivity index (χ0n) is 11.9. The van der Waals surface area contributed by atoms with Gasteiger partial charge in [0.15, 0.2) is 5.82 Å². The van der Waals surface area contributed by atoms with Gasteiger partial charge in [0.25, 0.3) is 0 Å². The second-order valence-corrected chi connectivity index (χ2v) is 5.01. The molecular weight excluding hydrogens is 272 g/mol. The first-order valence-corrected chi connectivity index (χ1v) is 6.96. The highest BCUT2D eigenvalue weighted by Gasteiger charge is 2.22. The Bertz CT molecular complexity index is 585. The van der Waals surface area contributed by atoms with Crippen molar-refractivity contribution in [3.8, 4) is 0 Å². The van der Waals surface area contributed by atoms with Crippen LogP contribution in [0.15, 0.2) is 33.4 Å². The molecule has 112 valence electrons. The SMILES string of the molecule is Cc1cc(N2CCN(C(=O)NCc3ccco3)CC2)no1. The van der Waals surface area contributed by atoms with E-state index >= 15 is 0 Å². The third-order valence-corrected chi connectivity index (χ3v) is 3.50. The number of carbonyl (C=O) groups is 1. The Balaban J connectivity index is 1.47. The Morgan fingerprint density at radius 2 is 2.19 bits per heavy atom. The molecule has 0 aromatic carbocycles. The predicted molar refractivity (Wildman–Crippen MR) is 76.0 cm³/mol. The lowest BCUT2D eigenvalue weighted by Gasteiger charge is -2.34. The highest BCUT2D eigenvalue weighted by atomic mass is 16.5. The normalized spacial score (nSPS) is 15.3. The number of hydrogen-bond donors (Lipinski definition) is 1. The molecule has 1 fully saturated rings. The maximum atomic E-state index is 12.1. The standard InChI is InChI=1S/C14H18N4O3/c1-11-9-13(16-21-11)17-4-6-18(7-5-17)14(19)15-10-12-3-2-8-20-12/h2-3,8-9H,4-7,10H2,1H3,(H,15,19). The van der Waals surface area contributed by atoms with Gasteiger partial charge in [0.2, 0.25) is 0 Å². The van der Waals surface area contributed by atoms with Crippen molar-refractivity contribution >= 4 is 11.8 Å². The van der Waals surface area contributed by atoms with E-state index in [0.29, 0.717) is 19.6 Å². The molecule has 0 radical (unpaired) electrons. The van der Waals surface area contributed by atoms with Crippen molar-refractivity contribution in [2.75, 3.05) is 31.1 Å². The summed E-state index contributed by atoms with van der Waals surface area (Å²) in [5.74, 6) is 2.38. The summed E-state index contributed by atoms with van der Waals surface area (Å²) in [5.41, 5.74) is 0. The number of aryl methyl sites for hydroxylation is 1. The van der Waals surface area contributed by atoms with E-state index < -0.39 is 0 Å². The topological polar surface area (TPSA) is 74.8 Å². The van der Waals surface area contributed by atoms with Gasteiger partial charge in [-0.15, -0.1) is 0 Å². The highest BCUT2D eigenvalue weighted by Crippen LogP contribution is 2.15. The third kappa shape index (κ3) is 3.18. The number of rotatable bonds is 3. The van der Waals surface area contributed by atoms with Crippen LogP contribution in [-0.4, -0.2) is 42.3 Å². The van der Waals surface area contributed by atoms with Crippen molar-refractivity contribution in [1.29, 1.82) is 0 Å². The molecule has 0 atom stereocenters. The molecule has 2 amide bonds. The van der Waals surface area contributed by atoms with Crippen LogP contribution < -0.4 is 10.2 Å². The number of amides is 2. The summed E-state index contributed by atoms with van der Waals surface area (Å²) >= 11 is 0. The molecule has 0 spiro atoms. The summed E-state index contributed by atoms with van der Waals surface area (Å²) in [6.45, 7) is 5.11. The summed E-state index contributed by atoms with van der Waals surface area (Å²) in [4.78, 5) is 16.0. The monoisotopic (exact) mass is 290 g/mol. The number of aromatic nitrogens is 1. The van der Waals surface area contributed by atoms with E-state index in [0.717, 1.165) is 30.4 Å². The minimum Gasteiger partial charge on any atom is -0.467 e. The molecule has 0 bridgehead atoms. The minimum atomic E-state index is -0.0672. The van der Waals surface area contributed by atoms with Crippen LogP contribution in [0.25, 0.3) is 0 Å². The Morgan fingerprint density at radius 1 is 1.38 bits per heavy atom. The number of carbonyl (C=O) groups excluding carboxylic acids is 1. The minimum absolute atomic E-state index is 0.0672. The van der Waals surface area contributed by atoms with E-state index in [-0.39, 0.29) is 6.03 Å². The lowest BCUT2D eigenvalue weighted by atomic mass is 10.3. The van der Waals surface area contributed by atoms with Crippen molar-refractivity contribution in [3.63, 3.8) is 0 Å². The van der Waals surface area contributed by atoms with Gasteiger partial charge in [0.1, 0.15) is 11.5 Å². The molecule has 7 nitrogen and oxygen atoms in total. The van der Waals surface area contributed by atoms with E-state index in [1.165, 1.54) is 0 Å². The van der Waals surface area contributed by atoms with Crippen LogP contribution in [0.2, 0.25) is 0 Å². The maximum Gasteiger partial charge on any atom is 0.317 e. The van der Waals surface area contributed by atoms with Crippen LogP contribution in [-0.2, 0) is 6.54 Å². The fraction of sp³-hybridized carbons (Fsp3) is 0.429. The smallest absolute Gasteiger partial charge is 0.317 e. The van der Waals surface area contributed by atoms with Crippen LogP contribution >= 0.6 is 0 Å². The summed E-state index contributed by atoms with van der Waals surface area (Å²) < 4.78 is 10.3. The van der Waals surface area contributed by atoms with Gasteiger partial charge in [-0.3, -0.25) is 0 Å². The van der Waals surface area contributed by atoms with E-state index in [1.54, 1.807) is 17.2 Å². The lowest BCUT2D eigenvalue weighted by Crippen LogP contribution is -2.51. The van der Waals surface area contributed by atoms with Gasteiger partial charge in [-0.1, -0.05) is 5.16 Å². The van der Waals surface area contributed by atoms with Gasteiger partial charge in [0.05, 0.1) is 12.8 Å². The molecule has 1 saturated heterocycles. The first kappa shape index (κ1) is 13.5. The molecule has 1 aliphatic heterocycles. The molecular formula is C14H18N4O3. The van der Waals surface area contributed by atoms with Gasteiger partial charge >= 0.3 is 6.03 Å². The molecule has 0 aliphatic carbocycles. The zero-order chi connectivity index (χ0) is 14.7. The first-order chi connectivity index (χ1) is 10.2. The van der Waals surface area contributed by atoms with Crippen molar-refractivity contribution in [2.24, 2.45) is 0 Å². The molecule has 21 heavy (non-hydrogen) atoms. The van der Waals surface area contributed by atoms with E-state index in [4.69, 9.17) is 8.94 Å². The van der Waals surface area contributed by atoms with Crippen molar-refractivity contribution < 1.29 is 13.7 Å². The predicted octanol–water partition coefficient (Wildman–Crippen LogP) is 1.61. The van der Waals surface area contributed by atoms with Crippen molar-refractivity contribution in [1.82, 2.24) is 15.4 Å². The van der Waals surface area contributed by atoms with E-state index in [2.05, 4.69) is 15.4 Å². The summed E-state index contributed by atoms with van der Waals surface area (Å²) in [6, 6.07) is 5.49. The second kappa shape index (κ2) is 5.90. The molecule has 3 rings (SSSR count). The number of hydrogen-bond acceptors (Lipinski definition) is 5. The summed E-state index contributed by atoms with van der Waals surface area (Å²) in [6.07, 6.45) is 1.60. The maximum absolute atomic E-state index is 12.1. The van der Waals surface area contributed by atoms with E-state index in [1.807, 2.05) is 19.1 Å². The van der Waals surface area contributed by atoms with Gasteiger partial charge in [-0.2, -0.15) is 0 Å². The first-order valence-electron chi connectivity index (χ1n) is 6.96. The number of anilines is 1. The number of urea groups is 1. The second-order valence-electron chi connectivity index (χ2n) is 5.01. The molecule has 2 aromatic rings.